The summed E-state index contributed by atoms with van der Waals surface area (Å²) >= 11 is 0. The SMILES string of the molecule is N#Cc1ncncc1N. The fraction of sp³-hybridized carbons (Fsp3) is 0. The lowest BCUT2D eigenvalue weighted by Crippen LogP contribution is -1.93. The van der Waals surface area contributed by atoms with E-state index in [0.29, 0.717) is 5.69 Å². The second-order valence-electron chi connectivity index (χ2n) is 1.44. The number of anilines is 1. The first kappa shape index (κ1) is 5.51. The highest BCUT2D eigenvalue weighted by atomic mass is 14.9. The molecule has 0 saturated carbocycles. The molecule has 0 aromatic carbocycles. The van der Waals surface area contributed by atoms with Crippen molar-refractivity contribution in [3.63, 3.8) is 0 Å². The predicted molar refractivity (Wildman–Crippen MR) is 31.2 cm³/mol. The average molecular weight is 120 g/mol. The molecule has 0 fully saturated rings. The zero-order chi connectivity index (χ0) is 6.69. The van der Waals surface area contributed by atoms with Crippen LogP contribution in [0, 0.1) is 11.3 Å². The van der Waals surface area contributed by atoms with Crippen LogP contribution < -0.4 is 5.73 Å². The van der Waals surface area contributed by atoms with E-state index < -0.39 is 0 Å². The third kappa shape index (κ3) is 0.941. The first-order valence-electron chi connectivity index (χ1n) is 2.30. The van der Waals surface area contributed by atoms with E-state index in [2.05, 4.69) is 9.97 Å². The number of aromatic nitrogens is 2. The van der Waals surface area contributed by atoms with Gasteiger partial charge in [0, 0.05) is 0 Å². The molecule has 4 nitrogen and oxygen atoms in total. The summed E-state index contributed by atoms with van der Waals surface area (Å²) in [6, 6.07) is 1.82. The number of rotatable bonds is 0. The smallest absolute Gasteiger partial charge is 0.166 e. The molecule has 0 saturated heterocycles. The summed E-state index contributed by atoms with van der Waals surface area (Å²) in [6.45, 7) is 0. The summed E-state index contributed by atoms with van der Waals surface area (Å²) in [5.74, 6) is 0. The zero-order valence-electron chi connectivity index (χ0n) is 4.57. The van der Waals surface area contributed by atoms with Crippen LogP contribution in [0.1, 0.15) is 5.69 Å². The third-order valence-corrected chi connectivity index (χ3v) is 0.846. The molecule has 1 aromatic rings. The Morgan fingerprint density at radius 1 is 1.67 bits per heavy atom. The first-order valence-corrected chi connectivity index (χ1v) is 2.30. The van der Waals surface area contributed by atoms with E-state index in [-0.39, 0.29) is 5.69 Å². The van der Waals surface area contributed by atoms with Gasteiger partial charge >= 0.3 is 0 Å². The van der Waals surface area contributed by atoms with Gasteiger partial charge in [0.25, 0.3) is 0 Å². The Labute approximate surface area is 52.0 Å². The molecule has 1 heterocycles. The maximum atomic E-state index is 8.30. The lowest BCUT2D eigenvalue weighted by Gasteiger charge is -1.89. The van der Waals surface area contributed by atoms with Crippen LogP contribution in [0.15, 0.2) is 12.5 Å². The minimum absolute atomic E-state index is 0.227. The molecule has 0 atom stereocenters. The normalized spacial score (nSPS) is 8.33. The van der Waals surface area contributed by atoms with Gasteiger partial charge < -0.3 is 5.73 Å². The van der Waals surface area contributed by atoms with Crippen molar-refractivity contribution in [1.29, 1.82) is 5.26 Å². The van der Waals surface area contributed by atoms with Crippen molar-refractivity contribution in [1.82, 2.24) is 9.97 Å². The van der Waals surface area contributed by atoms with E-state index in [4.69, 9.17) is 11.0 Å². The van der Waals surface area contributed by atoms with Gasteiger partial charge in [0.1, 0.15) is 12.4 Å². The van der Waals surface area contributed by atoms with Crippen LogP contribution in [-0.2, 0) is 0 Å². The Morgan fingerprint density at radius 3 is 2.89 bits per heavy atom. The molecule has 0 amide bonds. The molecule has 0 unspecified atom stereocenters. The Hall–Kier alpha value is -1.63. The molecule has 1 aromatic heterocycles. The molecule has 0 radical (unpaired) electrons. The molecular formula is C5H4N4. The highest BCUT2D eigenvalue weighted by Gasteiger charge is 1.93. The van der Waals surface area contributed by atoms with E-state index in [9.17, 15) is 0 Å². The van der Waals surface area contributed by atoms with Crippen LogP contribution in [0.2, 0.25) is 0 Å². The van der Waals surface area contributed by atoms with Crippen molar-refractivity contribution in [3.05, 3.63) is 18.2 Å². The summed E-state index contributed by atoms with van der Waals surface area (Å²) in [5, 5.41) is 8.30. The Kier molecular flexibility index (Phi) is 1.28. The Morgan fingerprint density at radius 2 is 2.44 bits per heavy atom. The summed E-state index contributed by atoms with van der Waals surface area (Å²) < 4.78 is 0. The molecule has 4 heteroatoms. The van der Waals surface area contributed by atoms with Gasteiger partial charge in [0.15, 0.2) is 5.69 Å². The molecule has 1 rings (SSSR count). The van der Waals surface area contributed by atoms with Crippen LogP contribution in [0.25, 0.3) is 0 Å². The predicted octanol–water partition coefficient (Wildman–Crippen LogP) is -0.0695. The van der Waals surface area contributed by atoms with Gasteiger partial charge in [-0.3, -0.25) is 0 Å². The van der Waals surface area contributed by atoms with E-state index in [0.717, 1.165) is 0 Å². The Bertz CT molecular complexity index is 249. The molecule has 2 N–H and O–H groups in total. The van der Waals surface area contributed by atoms with Crippen molar-refractivity contribution in [2.75, 3.05) is 5.73 Å². The lowest BCUT2D eigenvalue weighted by molar-refractivity contribution is 1.14. The number of hydrogen-bond donors (Lipinski definition) is 1. The second-order valence-corrected chi connectivity index (χ2v) is 1.44. The second kappa shape index (κ2) is 2.09. The van der Waals surface area contributed by atoms with Gasteiger partial charge in [-0.15, -0.1) is 0 Å². The maximum Gasteiger partial charge on any atom is 0.166 e. The van der Waals surface area contributed by atoms with Crippen molar-refractivity contribution in [2.45, 2.75) is 0 Å². The molecule has 9 heavy (non-hydrogen) atoms. The van der Waals surface area contributed by atoms with Gasteiger partial charge in [-0.1, -0.05) is 0 Å². The standard InChI is InChI=1S/C5H4N4/c6-1-5-4(7)2-8-3-9-5/h2-3H,7H2. The minimum Gasteiger partial charge on any atom is -0.395 e. The summed E-state index contributed by atoms with van der Waals surface area (Å²) in [6.07, 6.45) is 2.68. The topological polar surface area (TPSA) is 75.6 Å². The van der Waals surface area contributed by atoms with Gasteiger partial charge in [-0.05, 0) is 0 Å². The van der Waals surface area contributed by atoms with Crippen LogP contribution in [0.4, 0.5) is 5.69 Å². The van der Waals surface area contributed by atoms with Crippen LogP contribution in [-0.4, -0.2) is 9.97 Å². The quantitative estimate of drug-likeness (QED) is 0.520. The summed E-state index contributed by atoms with van der Waals surface area (Å²) in [4.78, 5) is 7.21. The van der Waals surface area contributed by atoms with Gasteiger partial charge in [0.2, 0.25) is 0 Å². The van der Waals surface area contributed by atoms with Crippen molar-refractivity contribution >= 4 is 5.69 Å². The fourth-order valence-corrected chi connectivity index (χ4v) is 0.434. The molecule has 0 spiro atoms. The van der Waals surface area contributed by atoms with Crippen molar-refractivity contribution < 1.29 is 0 Å². The van der Waals surface area contributed by atoms with Crippen LogP contribution >= 0.6 is 0 Å². The van der Waals surface area contributed by atoms with E-state index in [1.54, 1.807) is 0 Å². The number of hydrogen-bond acceptors (Lipinski definition) is 4. The van der Waals surface area contributed by atoms with Crippen LogP contribution in [0.5, 0.6) is 0 Å². The van der Waals surface area contributed by atoms with Gasteiger partial charge in [-0.25, -0.2) is 9.97 Å². The highest BCUT2D eigenvalue weighted by molar-refractivity contribution is 5.46. The molecule has 0 aliphatic rings. The molecular weight excluding hydrogens is 116 g/mol. The minimum atomic E-state index is 0.227. The molecule has 0 aliphatic carbocycles. The summed E-state index contributed by atoms with van der Waals surface area (Å²) in [7, 11) is 0. The first-order chi connectivity index (χ1) is 4.34. The van der Waals surface area contributed by atoms with Crippen molar-refractivity contribution in [2.24, 2.45) is 0 Å². The largest absolute Gasteiger partial charge is 0.395 e. The molecule has 44 valence electrons. The monoisotopic (exact) mass is 120 g/mol. The number of nitrogens with two attached hydrogens (primary N) is 1. The van der Waals surface area contributed by atoms with E-state index >= 15 is 0 Å². The van der Waals surface area contributed by atoms with Crippen molar-refractivity contribution in [3.8, 4) is 6.07 Å². The molecule has 0 aliphatic heterocycles. The van der Waals surface area contributed by atoms with Crippen LogP contribution in [0.3, 0.4) is 0 Å². The highest BCUT2D eigenvalue weighted by Crippen LogP contribution is 2.00. The van der Waals surface area contributed by atoms with E-state index in [1.165, 1.54) is 12.5 Å². The molecule has 0 bridgehead atoms. The van der Waals surface area contributed by atoms with Gasteiger partial charge in [0.05, 0.1) is 11.9 Å². The van der Waals surface area contributed by atoms with E-state index in [1.807, 2.05) is 6.07 Å². The summed E-state index contributed by atoms with van der Waals surface area (Å²) in [5.41, 5.74) is 5.83. The fourth-order valence-electron chi connectivity index (χ4n) is 0.434. The average Bonchev–Trinajstić information content (AvgIpc) is 1.89. The zero-order valence-corrected chi connectivity index (χ0v) is 4.57. The maximum absolute atomic E-state index is 8.30. The number of nitriles is 1. The lowest BCUT2D eigenvalue weighted by atomic mass is 10.4. The number of nitrogen functional groups attached to an aromatic ring is 1. The van der Waals surface area contributed by atoms with Gasteiger partial charge in [-0.2, -0.15) is 5.26 Å². The third-order valence-electron chi connectivity index (χ3n) is 0.846. The number of nitrogens with zero attached hydrogens (tertiary/aromatic N) is 3. The Balaban J connectivity index is 3.20.